The lowest BCUT2D eigenvalue weighted by Crippen LogP contribution is -2.33. The highest BCUT2D eigenvalue weighted by Crippen LogP contribution is 2.22. The molecule has 3 rings (SSSR count). The van der Waals surface area contributed by atoms with E-state index in [9.17, 15) is 14.4 Å². The molecule has 7 heteroatoms. The van der Waals surface area contributed by atoms with Crippen molar-refractivity contribution >= 4 is 29.3 Å². The van der Waals surface area contributed by atoms with Crippen molar-refractivity contribution in [2.45, 2.75) is 25.9 Å². The molecule has 1 N–H and O–H groups in total. The van der Waals surface area contributed by atoms with E-state index in [-0.39, 0.29) is 37.2 Å². The number of hydrogen-bond acceptors (Lipinski definition) is 4. The number of nitrogens with zero attached hydrogens (tertiary/aromatic N) is 1. The van der Waals surface area contributed by atoms with Crippen LogP contribution in [0.15, 0.2) is 48.5 Å². The third kappa shape index (κ3) is 4.89. The van der Waals surface area contributed by atoms with Crippen LogP contribution in [0.5, 0.6) is 5.75 Å². The van der Waals surface area contributed by atoms with Gasteiger partial charge in [-0.3, -0.25) is 19.3 Å². The molecule has 0 radical (unpaired) electrons. The Morgan fingerprint density at radius 1 is 1.04 bits per heavy atom. The monoisotopic (exact) mass is 400 g/mol. The molecule has 0 unspecified atom stereocenters. The first kappa shape index (κ1) is 19.9. The maximum Gasteiger partial charge on any atom is 0.255 e. The first-order valence-electron chi connectivity index (χ1n) is 9.13. The van der Waals surface area contributed by atoms with Crippen molar-refractivity contribution in [2.24, 2.45) is 0 Å². The van der Waals surface area contributed by atoms with Crippen LogP contribution in [0.25, 0.3) is 0 Å². The van der Waals surface area contributed by atoms with Gasteiger partial charge in [0.1, 0.15) is 12.4 Å². The van der Waals surface area contributed by atoms with Crippen molar-refractivity contribution in [2.75, 3.05) is 13.1 Å². The predicted octanol–water partition coefficient (Wildman–Crippen LogP) is 3.19. The molecule has 1 saturated heterocycles. The standard InChI is InChI=1S/C21H21ClN2O4/c22-17-8-3-1-6-15(17)14-28-18-9-4-2-7-16(18)21(27)23-12-5-13-24-19(25)10-11-20(24)26/h1-4,6-9H,5,10-14H2,(H,23,27). The number of halogens is 1. The Kier molecular flexibility index (Phi) is 6.66. The van der Waals surface area contributed by atoms with Crippen molar-refractivity contribution in [3.05, 3.63) is 64.7 Å². The zero-order chi connectivity index (χ0) is 19.9. The smallest absolute Gasteiger partial charge is 0.255 e. The summed E-state index contributed by atoms with van der Waals surface area (Å²) < 4.78 is 5.80. The SMILES string of the molecule is O=C(NCCCN1C(=O)CCC1=O)c1ccccc1OCc1ccccc1Cl. The summed E-state index contributed by atoms with van der Waals surface area (Å²) >= 11 is 6.14. The second kappa shape index (κ2) is 9.37. The van der Waals surface area contributed by atoms with Gasteiger partial charge in [0.25, 0.3) is 5.91 Å². The maximum absolute atomic E-state index is 12.5. The summed E-state index contributed by atoms with van der Waals surface area (Å²) in [6.07, 6.45) is 1.06. The summed E-state index contributed by atoms with van der Waals surface area (Å²) in [5.41, 5.74) is 1.25. The van der Waals surface area contributed by atoms with E-state index >= 15 is 0 Å². The van der Waals surface area contributed by atoms with Crippen LogP contribution in [0.1, 0.15) is 35.2 Å². The van der Waals surface area contributed by atoms with Crippen molar-refractivity contribution in [3.8, 4) is 5.75 Å². The van der Waals surface area contributed by atoms with E-state index in [1.54, 1.807) is 30.3 Å². The van der Waals surface area contributed by atoms with Crippen LogP contribution in [-0.4, -0.2) is 35.7 Å². The van der Waals surface area contributed by atoms with Crippen molar-refractivity contribution in [1.29, 1.82) is 0 Å². The summed E-state index contributed by atoms with van der Waals surface area (Å²) in [6, 6.07) is 14.3. The topological polar surface area (TPSA) is 75.7 Å². The van der Waals surface area contributed by atoms with Gasteiger partial charge >= 0.3 is 0 Å². The van der Waals surface area contributed by atoms with E-state index in [1.807, 2.05) is 18.2 Å². The van der Waals surface area contributed by atoms with Crippen molar-refractivity contribution in [3.63, 3.8) is 0 Å². The minimum absolute atomic E-state index is 0.144. The molecule has 2 aromatic carbocycles. The van der Waals surface area contributed by atoms with E-state index in [2.05, 4.69) is 5.32 Å². The molecule has 0 bridgehead atoms. The molecule has 1 aliphatic rings. The number of carbonyl (C=O) groups excluding carboxylic acids is 3. The number of rotatable bonds is 8. The van der Waals surface area contributed by atoms with Crippen molar-refractivity contribution in [1.82, 2.24) is 10.2 Å². The van der Waals surface area contributed by atoms with Crippen molar-refractivity contribution < 1.29 is 19.1 Å². The number of ether oxygens (including phenoxy) is 1. The Hall–Kier alpha value is -2.86. The molecule has 1 fully saturated rings. The van der Waals surface area contributed by atoms with Gasteiger partial charge in [-0.05, 0) is 24.6 Å². The molecule has 6 nitrogen and oxygen atoms in total. The molecule has 0 aromatic heterocycles. The molecule has 146 valence electrons. The Morgan fingerprint density at radius 2 is 1.71 bits per heavy atom. The Morgan fingerprint density at radius 3 is 2.46 bits per heavy atom. The first-order chi connectivity index (χ1) is 13.6. The highest BCUT2D eigenvalue weighted by molar-refractivity contribution is 6.31. The number of para-hydroxylation sites is 1. The first-order valence-corrected chi connectivity index (χ1v) is 9.50. The molecule has 2 aromatic rings. The van der Waals surface area contributed by atoms with Gasteiger partial charge in [0.2, 0.25) is 11.8 Å². The molecular formula is C21H21ClN2O4. The zero-order valence-electron chi connectivity index (χ0n) is 15.3. The predicted molar refractivity (Wildman–Crippen MR) is 105 cm³/mol. The molecule has 0 saturated carbocycles. The third-order valence-corrected chi connectivity index (χ3v) is 4.84. The van der Waals surface area contributed by atoms with Gasteiger partial charge in [-0.2, -0.15) is 0 Å². The molecule has 0 atom stereocenters. The Bertz CT molecular complexity index is 868. The second-order valence-electron chi connectivity index (χ2n) is 6.42. The fourth-order valence-electron chi connectivity index (χ4n) is 2.96. The number of carbonyl (C=O) groups is 3. The third-order valence-electron chi connectivity index (χ3n) is 4.47. The largest absolute Gasteiger partial charge is 0.488 e. The van der Waals surface area contributed by atoms with Gasteiger partial charge in [-0.25, -0.2) is 0 Å². The van der Waals surface area contributed by atoms with E-state index in [0.717, 1.165) is 5.56 Å². The van der Waals surface area contributed by atoms with E-state index in [0.29, 0.717) is 35.8 Å². The summed E-state index contributed by atoms with van der Waals surface area (Å²) in [6.45, 7) is 0.931. The van der Waals surface area contributed by atoms with Gasteiger partial charge in [0.15, 0.2) is 0 Å². The summed E-state index contributed by atoms with van der Waals surface area (Å²) in [7, 11) is 0. The van der Waals surface area contributed by atoms with Crippen LogP contribution in [-0.2, 0) is 16.2 Å². The Balaban J connectivity index is 1.53. The molecular weight excluding hydrogens is 380 g/mol. The van der Waals surface area contributed by atoms with Crippen LogP contribution in [0.2, 0.25) is 5.02 Å². The molecule has 1 aliphatic heterocycles. The second-order valence-corrected chi connectivity index (χ2v) is 6.83. The van der Waals surface area contributed by atoms with Gasteiger partial charge in [0, 0.05) is 36.5 Å². The quantitative estimate of drug-likeness (QED) is 0.545. The normalized spacial score (nSPS) is 13.7. The van der Waals surface area contributed by atoms with E-state index < -0.39 is 0 Å². The number of amides is 3. The number of likely N-dealkylation sites (tertiary alicyclic amines) is 1. The van der Waals surface area contributed by atoms with Gasteiger partial charge < -0.3 is 10.1 Å². The average Bonchev–Trinajstić information content (AvgIpc) is 3.02. The average molecular weight is 401 g/mol. The summed E-state index contributed by atoms with van der Waals surface area (Å²) in [5.74, 6) is -0.0945. The lowest BCUT2D eigenvalue weighted by atomic mass is 10.2. The van der Waals surface area contributed by atoms with Crippen LogP contribution in [0.3, 0.4) is 0 Å². The van der Waals surface area contributed by atoms with Gasteiger partial charge in [-0.15, -0.1) is 0 Å². The fourth-order valence-corrected chi connectivity index (χ4v) is 3.15. The van der Waals surface area contributed by atoms with Gasteiger partial charge in [-0.1, -0.05) is 41.9 Å². The van der Waals surface area contributed by atoms with Crippen LogP contribution < -0.4 is 10.1 Å². The maximum atomic E-state index is 12.5. The van der Waals surface area contributed by atoms with E-state index in [1.165, 1.54) is 4.90 Å². The highest BCUT2D eigenvalue weighted by Gasteiger charge is 2.28. The molecule has 0 aliphatic carbocycles. The minimum atomic E-state index is -0.270. The zero-order valence-corrected chi connectivity index (χ0v) is 16.1. The molecule has 28 heavy (non-hydrogen) atoms. The minimum Gasteiger partial charge on any atom is -0.488 e. The molecule has 3 amide bonds. The summed E-state index contributed by atoms with van der Waals surface area (Å²) in [5, 5.41) is 3.42. The van der Waals surface area contributed by atoms with E-state index in [4.69, 9.17) is 16.3 Å². The molecule has 0 spiro atoms. The van der Waals surface area contributed by atoms with Gasteiger partial charge in [0.05, 0.1) is 5.56 Å². The lowest BCUT2D eigenvalue weighted by molar-refractivity contribution is -0.138. The number of hydrogen-bond donors (Lipinski definition) is 1. The van der Waals surface area contributed by atoms with Crippen LogP contribution >= 0.6 is 11.6 Å². The summed E-state index contributed by atoms with van der Waals surface area (Å²) in [4.78, 5) is 36.9. The number of benzene rings is 2. The highest BCUT2D eigenvalue weighted by atomic mass is 35.5. The Labute approximate surface area is 168 Å². The fraction of sp³-hybridized carbons (Fsp3) is 0.286. The number of nitrogens with one attached hydrogen (secondary N) is 1. The lowest BCUT2D eigenvalue weighted by Gasteiger charge is -2.14. The van der Waals surface area contributed by atoms with Crippen LogP contribution in [0.4, 0.5) is 0 Å². The number of imide groups is 1. The molecule has 1 heterocycles. The van der Waals surface area contributed by atoms with Crippen LogP contribution in [0, 0.1) is 0 Å².